The Labute approximate surface area is 143 Å². The highest BCUT2D eigenvalue weighted by Gasteiger charge is 2.26. The molecule has 1 aliphatic heterocycles. The van der Waals surface area contributed by atoms with Crippen LogP contribution in [0.3, 0.4) is 0 Å². The first-order valence-corrected chi connectivity index (χ1v) is 7.95. The lowest BCUT2D eigenvalue weighted by atomic mass is 10.1. The Morgan fingerprint density at radius 1 is 1.21 bits per heavy atom. The summed E-state index contributed by atoms with van der Waals surface area (Å²) >= 11 is 5.93. The highest BCUT2D eigenvalue weighted by Crippen LogP contribution is 2.27. The maximum absolute atomic E-state index is 13.8. The van der Waals surface area contributed by atoms with Crippen LogP contribution in [0.5, 0.6) is 0 Å². The molecule has 1 heterocycles. The summed E-state index contributed by atoms with van der Waals surface area (Å²) < 4.78 is 19.0. The van der Waals surface area contributed by atoms with Crippen molar-refractivity contribution in [2.75, 3.05) is 11.4 Å². The number of ether oxygens (including phenoxy) is 1. The van der Waals surface area contributed by atoms with E-state index in [9.17, 15) is 14.0 Å². The standard InChI is InChI=1S/C18H15ClFNO3/c19-14-6-3-7-15(20)13(14)11-24-18(23)12-5-1-2-8-16(12)21-10-4-9-17(21)22/h1-3,5-8H,4,9-11H2. The van der Waals surface area contributed by atoms with Gasteiger partial charge < -0.3 is 9.64 Å². The van der Waals surface area contributed by atoms with Gasteiger partial charge in [0.25, 0.3) is 0 Å². The first kappa shape index (κ1) is 16.5. The van der Waals surface area contributed by atoms with Crippen molar-refractivity contribution in [1.82, 2.24) is 0 Å². The number of anilines is 1. The minimum Gasteiger partial charge on any atom is -0.457 e. The Kier molecular flexibility index (Phi) is 4.81. The Bertz CT molecular complexity index is 773. The quantitative estimate of drug-likeness (QED) is 0.786. The van der Waals surface area contributed by atoms with Gasteiger partial charge in [0, 0.05) is 18.5 Å². The molecule has 2 aromatic carbocycles. The normalized spacial score (nSPS) is 14.1. The van der Waals surface area contributed by atoms with Crippen LogP contribution < -0.4 is 4.90 Å². The molecule has 6 heteroatoms. The number of hydrogen-bond donors (Lipinski definition) is 0. The second kappa shape index (κ2) is 7.01. The minimum atomic E-state index is -0.621. The third-order valence-corrected chi connectivity index (χ3v) is 4.25. The van der Waals surface area contributed by atoms with Gasteiger partial charge in [-0.3, -0.25) is 4.79 Å². The number of halogens is 2. The van der Waals surface area contributed by atoms with E-state index in [0.29, 0.717) is 18.7 Å². The van der Waals surface area contributed by atoms with E-state index >= 15 is 0 Å². The van der Waals surface area contributed by atoms with Gasteiger partial charge in [-0.2, -0.15) is 0 Å². The van der Waals surface area contributed by atoms with Gasteiger partial charge >= 0.3 is 5.97 Å². The van der Waals surface area contributed by atoms with Gasteiger partial charge in [-0.1, -0.05) is 29.8 Å². The van der Waals surface area contributed by atoms with E-state index in [4.69, 9.17) is 16.3 Å². The molecule has 124 valence electrons. The molecule has 0 unspecified atom stereocenters. The summed E-state index contributed by atoms with van der Waals surface area (Å²) in [6.45, 7) is 0.300. The topological polar surface area (TPSA) is 46.6 Å². The van der Waals surface area contributed by atoms with Gasteiger partial charge in [-0.15, -0.1) is 0 Å². The molecule has 0 spiro atoms. The fraction of sp³-hybridized carbons (Fsp3) is 0.222. The van der Waals surface area contributed by atoms with Crippen LogP contribution in [0.15, 0.2) is 42.5 Å². The summed E-state index contributed by atoms with van der Waals surface area (Å²) in [7, 11) is 0. The maximum Gasteiger partial charge on any atom is 0.340 e. The van der Waals surface area contributed by atoms with Crippen molar-refractivity contribution < 1.29 is 18.7 Å². The van der Waals surface area contributed by atoms with Gasteiger partial charge in [-0.25, -0.2) is 9.18 Å². The van der Waals surface area contributed by atoms with Crippen molar-refractivity contribution in [2.24, 2.45) is 0 Å². The van der Waals surface area contributed by atoms with E-state index in [1.807, 2.05) is 0 Å². The van der Waals surface area contributed by atoms with E-state index < -0.39 is 11.8 Å². The van der Waals surface area contributed by atoms with Crippen LogP contribution in [0.4, 0.5) is 10.1 Å². The molecule has 2 aromatic rings. The van der Waals surface area contributed by atoms with Crippen molar-refractivity contribution in [3.63, 3.8) is 0 Å². The molecule has 4 nitrogen and oxygen atoms in total. The monoisotopic (exact) mass is 347 g/mol. The minimum absolute atomic E-state index is 0.0209. The number of hydrogen-bond acceptors (Lipinski definition) is 3. The van der Waals surface area contributed by atoms with Crippen LogP contribution in [0.25, 0.3) is 0 Å². The summed E-state index contributed by atoms with van der Waals surface area (Å²) in [4.78, 5) is 25.9. The Morgan fingerprint density at radius 2 is 2.00 bits per heavy atom. The molecule has 0 radical (unpaired) electrons. The molecular formula is C18H15ClFNO3. The molecule has 1 amide bonds. The predicted octanol–water partition coefficient (Wildman–Crippen LogP) is 3.96. The zero-order valence-electron chi connectivity index (χ0n) is 12.8. The molecule has 0 bridgehead atoms. The Morgan fingerprint density at radius 3 is 2.71 bits per heavy atom. The third-order valence-electron chi connectivity index (χ3n) is 3.90. The van der Waals surface area contributed by atoms with E-state index in [0.717, 1.165) is 6.42 Å². The van der Waals surface area contributed by atoms with E-state index in [-0.39, 0.29) is 28.7 Å². The van der Waals surface area contributed by atoms with Crippen LogP contribution in [0, 0.1) is 5.82 Å². The number of amides is 1. The second-order valence-electron chi connectivity index (χ2n) is 5.44. The number of benzene rings is 2. The highest BCUT2D eigenvalue weighted by molar-refractivity contribution is 6.31. The zero-order valence-corrected chi connectivity index (χ0v) is 13.6. The lowest BCUT2D eigenvalue weighted by molar-refractivity contribution is -0.117. The van der Waals surface area contributed by atoms with E-state index in [1.165, 1.54) is 18.2 Å². The van der Waals surface area contributed by atoms with Crippen LogP contribution in [-0.4, -0.2) is 18.4 Å². The van der Waals surface area contributed by atoms with Crippen molar-refractivity contribution in [3.8, 4) is 0 Å². The van der Waals surface area contributed by atoms with Gasteiger partial charge in [0.2, 0.25) is 5.91 Å². The molecule has 3 rings (SSSR count). The predicted molar refractivity (Wildman–Crippen MR) is 88.6 cm³/mol. The summed E-state index contributed by atoms with van der Waals surface area (Å²) in [5.41, 5.74) is 0.923. The molecular weight excluding hydrogens is 333 g/mol. The van der Waals surface area contributed by atoms with Crippen LogP contribution in [0.2, 0.25) is 5.02 Å². The van der Waals surface area contributed by atoms with Crippen LogP contribution >= 0.6 is 11.6 Å². The molecule has 0 N–H and O–H groups in total. The molecule has 24 heavy (non-hydrogen) atoms. The molecule has 0 atom stereocenters. The van der Waals surface area contributed by atoms with Crippen molar-refractivity contribution in [3.05, 3.63) is 64.4 Å². The lowest BCUT2D eigenvalue weighted by Crippen LogP contribution is -2.26. The summed E-state index contributed by atoms with van der Waals surface area (Å²) in [5, 5.41) is 0.200. The highest BCUT2D eigenvalue weighted by atomic mass is 35.5. The van der Waals surface area contributed by atoms with Crippen molar-refractivity contribution >= 4 is 29.2 Å². The molecule has 1 aliphatic rings. The number of carbonyl (C=O) groups excluding carboxylic acids is 2. The number of nitrogens with zero attached hydrogens (tertiary/aromatic N) is 1. The average molecular weight is 348 g/mol. The summed E-state index contributed by atoms with van der Waals surface area (Å²) in [6.07, 6.45) is 1.22. The largest absolute Gasteiger partial charge is 0.457 e. The summed E-state index contributed by atoms with van der Waals surface area (Å²) in [5.74, 6) is -1.17. The average Bonchev–Trinajstić information content (AvgIpc) is 3.00. The fourth-order valence-corrected chi connectivity index (χ4v) is 2.89. The van der Waals surface area contributed by atoms with Gasteiger partial charge in [0.15, 0.2) is 0 Å². The first-order chi connectivity index (χ1) is 11.6. The van der Waals surface area contributed by atoms with Crippen LogP contribution in [-0.2, 0) is 16.1 Å². The number of carbonyl (C=O) groups is 2. The Hall–Kier alpha value is -2.40. The smallest absolute Gasteiger partial charge is 0.340 e. The number of esters is 1. The van der Waals surface area contributed by atoms with Gasteiger partial charge in [-0.05, 0) is 30.7 Å². The lowest BCUT2D eigenvalue weighted by Gasteiger charge is -2.19. The molecule has 0 aliphatic carbocycles. The third kappa shape index (κ3) is 3.26. The number of rotatable bonds is 4. The molecule has 0 saturated carbocycles. The molecule has 0 aromatic heterocycles. The second-order valence-corrected chi connectivity index (χ2v) is 5.85. The van der Waals surface area contributed by atoms with E-state index in [2.05, 4.69) is 0 Å². The first-order valence-electron chi connectivity index (χ1n) is 7.57. The summed E-state index contributed by atoms with van der Waals surface area (Å²) in [6, 6.07) is 11.0. The number of para-hydroxylation sites is 1. The van der Waals surface area contributed by atoms with Gasteiger partial charge in [0.05, 0.1) is 16.3 Å². The van der Waals surface area contributed by atoms with Crippen LogP contribution in [0.1, 0.15) is 28.8 Å². The fourth-order valence-electron chi connectivity index (χ4n) is 2.67. The molecule has 1 fully saturated rings. The Balaban J connectivity index is 1.80. The SMILES string of the molecule is O=C(OCc1c(F)cccc1Cl)c1ccccc1N1CCCC1=O. The van der Waals surface area contributed by atoms with Crippen molar-refractivity contribution in [2.45, 2.75) is 19.4 Å². The molecule has 1 saturated heterocycles. The maximum atomic E-state index is 13.8. The van der Waals surface area contributed by atoms with Crippen molar-refractivity contribution in [1.29, 1.82) is 0 Å². The van der Waals surface area contributed by atoms with E-state index in [1.54, 1.807) is 29.2 Å². The zero-order chi connectivity index (χ0) is 17.1. The van der Waals surface area contributed by atoms with Gasteiger partial charge in [0.1, 0.15) is 12.4 Å².